The summed E-state index contributed by atoms with van der Waals surface area (Å²) in [5.74, 6) is -0.123. The predicted molar refractivity (Wildman–Crippen MR) is 126 cm³/mol. The number of anilines is 1. The van der Waals surface area contributed by atoms with Gasteiger partial charge in [-0.3, -0.25) is 4.72 Å². The first-order chi connectivity index (χ1) is 16.2. The van der Waals surface area contributed by atoms with Crippen molar-refractivity contribution in [3.63, 3.8) is 0 Å². The molecule has 0 aliphatic rings. The molecule has 1 unspecified atom stereocenters. The van der Waals surface area contributed by atoms with Gasteiger partial charge in [-0.2, -0.15) is 13.2 Å². The number of halogens is 3. The highest BCUT2D eigenvalue weighted by Crippen LogP contribution is 2.34. The lowest BCUT2D eigenvalue weighted by molar-refractivity contribution is -0.137. The van der Waals surface area contributed by atoms with Crippen LogP contribution in [0.2, 0.25) is 0 Å². The lowest BCUT2D eigenvalue weighted by Gasteiger charge is -2.18. The Morgan fingerprint density at radius 3 is 2.14 bits per heavy atom. The van der Waals surface area contributed by atoms with Crippen molar-refractivity contribution in [2.24, 2.45) is 0 Å². The molecular weight excluding hydrogens is 503 g/mol. The lowest BCUT2D eigenvalue weighted by Crippen LogP contribution is -2.18. The fourth-order valence-electron chi connectivity index (χ4n) is 3.09. The van der Waals surface area contributed by atoms with Crippen LogP contribution in [0.3, 0.4) is 0 Å². The molecule has 0 heterocycles. The molecule has 0 aromatic heterocycles. The van der Waals surface area contributed by atoms with Crippen LogP contribution in [-0.2, 0) is 26.0 Å². The van der Waals surface area contributed by atoms with E-state index in [2.05, 4.69) is 4.72 Å². The third kappa shape index (κ3) is 6.15. The highest BCUT2D eigenvalue weighted by Gasteiger charge is 2.31. The minimum atomic E-state index is -4.67. The average molecular weight is 528 g/mol. The van der Waals surface area contributed by atoms with Gasteiger partial charge in [0, 0.05) is 5.69 Å². The molecule has 3 aromatic carbocycles. The third-order valence-electron chi connectivity index (χ3n) is 5.19. The van der Waals surface area contributed by atoms with Gasteiger partial charge in [-0.25, -0.2) is 16.8 Å². The van der Waals surface area contributed by atoms with Gasteiger partial charge in [0.15, 0.2) is 0 Å². The first kappa shape index (κ1) is 26.6. The number of benzene rings is 3. The summed E-state index contributed by atoms with van der Waals surface area (Å²) in [6.45, 7) is 5.31. The van der Waals surface area contributed by atoms with Crippen molar-refractivity contribution in [3.8, 4) is 5.75 Å². The van der Waals surface area contributed by atoms with Crippen LogP contribution in [-0.4, -0.2) is 22.9 Å². The van der Waals surface area contributed by atoms with Gasteiger partial charge in [-0.1, -0.05) is 30.7 Å². The standard InChI is InChI=1S/C24H24F3NO5S2/c1-4-17(3)33-22-13-12-21(34(29,30)20-10-8-16(2)9-11-20)15-23(22)35(31,32)28-19-7-5-6-18(14-19)24(25,26)27/h5-15,17,28H,4H2,1-3H3. The summed E-state index contributed by atoms with van der Waals surface area (Å²) in [5.41, 5.74) is -0.527. The van der Waals surface area contributed by atoms with E-state index in [0.717, 1.165) is 29.8 Å². The van der Waals surface area contributed by atoms with Crippen molar-refractivity contribution in [2.75, 3.05) is 4.72 Å². The van der Waals surface area contributed by atoms with Gasteiger partial charge in [-0.15, -0.1) is 0 Å². The van der Waals surface area contributed by atoms with E-state index < -0.39 is 42.6 Å². The number of rotatable bonds is 8. The monoisotopic (exact) mass is 527 g/mol. The highest BCUT2D eigenvalue weighted by atomic mass is 32.2. The van der Waals surface area contributed by atoms with E-state index in [1.807, 2.05) is 6.92 Å². The Morgan fingerprint density at radius 2 is 1.54 bits per heavy atom. The topological polar surface area (TPSA) is 89.5 Å². The predicted octanol–water partition coefficient (Wildman–Crippen LogP) is 5.82. The van der Waals surface area contributed by atoms with Crippen LogP contribution >= 0.6 is 0 Å². The van der Waals surface area contributed by atoms with E-state index in [4.69, 9.17) is 4.74 Å². The van der Waals surface area contributed by atoms with Gasteiger partial charge in [-0.05, 0) is 68.8 Å². The minimum Gasteiger partial charge on any atom is -0.489 e. The normalized spacial score (nSPS) is 13.3. The molecular formula is C24H24F3NO5S2. The van der Waals surface area contributed by atoms with E-state index in [1.165, 1.54) is 24.3 Å². The summed E-state index contributed by atoms with van der Waals surface area (Å²) in [6.07, 6.45) is -4.55. The van der Waals surface area contributed by atoms with Crippen LogP contribution in [0.5, 0.6) is 5.75 Å². The van der Waals surface area contributed by atoms with Crippen molar-refractivity contribution >= 4 is 25.5 Å². The summed E-state index contributed by atoms with van der Waals surface area (Å²) in [5, 5.41) is 0. The quantitative estimate of drug-likeness (QED) is 0.399. The van der Waals surface area contributed by atoms with Crippen molar-refractivity contribution in [2.45, 2.75) is 54.2 Å². The van der Waals surface area contributed by atoms with Crippen LogP contribution < -0.4 is 9.46 Å². The average Bonchev–Trinajstić information content (AvgIpc) is 2.78. The molecule has 0 saturated carbocycles. The molecule has 0 fully saturated rings. The molecule has 0 aliphatic carbocycles. The van der Waals surface area contributed by atoms with Crippen LogP contribution in [0.4, 0.5) is 18.9 Å². The molecule has 0 spiro atoms. The number of alkyl halides is 3. The zero-order valence-corrected chi connectivity index (χ0v) is 20.8. The Balaban J connectivity index is 2.11. The van der Waals surface area contributed by atoms with E-state index in [1.54, 1.807) is 26.0 Å². The Morgan fingerprint density at radius 1 is 0.914 bits per heavy atom. The molecule has 0 aliphatic heterocycles. The Hall–Kier alpha value is -3.05. The van der Waals surface area contributed by atoms with Crippen molar-refractivity contribution in [3.05, 3.63) is 77.9 Å². The minimum absolute atomic E-state index is 0.0344. The Bertz CT molecular complexity index is 1420. The maximum absolute atomic E-state index is 13.2. The number of hydrogen-bond donors (Lipinski definition) is 1. The molecule has 0 amide bonds. The van der Waals surface area contributed by atoms with E-state index >= 15 is 0 Å². The fourth-order valence-corrected chi connectivity index (χ4v) is 5.66. The molecule has 1 atom stereocenters. The number of hydrogen-bond acceptors (Lipinski definition) is 5. The third-order valence-corrected chi connectivity index (χ3v) is 8.36. The number of ether oxygens (including phenoxy) is 1. The van der Waals surface area contributed by atoms with E-state index in [-0.39, 0.29) is 21.2 Å². The summed E-state index contributed by atoms with van der Waals surface area (Å²) in [6, 6.07) is 13.1. The number of aryl methyl sites for hydroxylation is 1. The largest absolute Gasteiger partial charge is 0.489 e. The van der Waals surface area contributed by atoms with Crippen LogP contribution in [0.25, 0.3) is 0 Å². The molecule has 0 radical (unpaired) electrons. The zero-order valence-electron chi connectivity index (χ0n) is 19.1. The fraction of sp³-hybridized carbons (Fsp3) is 0.250. The summed E-state index contributed by atoms with van der Waals surface area (Å²) < 4.78 is 99.8. The number of sulfonamides is 1. The van der Waals surface area contributed by atoms with Crippen molar-refractivity contribution in [1.29, 1.82) is 0 Å². The smallest absolute Gasteiger partial charge is 0.416 e. The summed E-state index contributed by atoms with van der Waals surface area (Å²) in [7, 11) is -8.62. The molecule has 35 heavy (non-hydrogen) atoms. The molecule has 3 aromatic rings. The lowest BCUT2D eigenvalue weighted by atomic mass is 10.2. The van der Waals surface area contributed by atoms with Gasteiger partial charge in [0.1, 0.15) is 10.6 Å². The molecule has 0 saturated heterocycles. The maximum Gasteiger partial charge on any atom is 0.416 e. The Labute approximate surface area is 202 Å². The molecule has 11 heteroatoms. The molecule has 3 rings (SSSR count). The summed E-state index contributed by atoms with van der Waals surface area (Å²) >= 11 is 0. The highest BCUT2D eigenvalue weighted by molar-refractivity contribution is 7.93. The van der Waals surface area contributed by atoms with Crippen molar-refractivity contribution < 1.29 is 34.7 Å². The second-order valence-corrected chi connectivity index (χ2v) is 11.5. The molecule has 188 valence electrons. The van der Waals surface area contributed by atoms with Crippen LogP contribution in [0.15, 0.2) is 81.4 Å². The Kier molecular flexibility index (Phi) is 7.51. The molecule has 1 N–H and O–H groups in total. The van der Waals surface area contributed by atoms with E-state index in [9.17, 15) is 30.0 Å². The molecule has 0 bridgehead atoms. The van der Waals surface area contributed by atoms with Gasteiger partial charge >= 0.3 is 6.18 Å². The summed E-state index contributed by atoms with van der Waals surface area (Å²) in [4.78, 5) is -0.849. The van der Waals surface area contributed by atoms with Gasteiger partial charge in [0.25, 0.3) is 10.0 Å². The van der Waals surface area contributed by atoms with E-state index in [0.29, 0.717) is 12.5 Å². The second-order valence-electron chi connectivity index (χ2n) is 7.95. The second kappa shape index (κ2) is 9.90. The SMILES string of the molecule is CCC(C)Oc1ccc(S(=O)(=O)c2ccc(C)cc2)cc1S(=O)(=O)Nc1cccc(C(F)(F)F)c1. The number of nitrogens with one attached hydrogen (secondary N) is 1. The van der Waals surface area contributed by atoms with Crippen LogP contribution in [0.1, 0.15) is 31.4 Å². The number of sulfone groups is 1. The molecule has 6 nitrogen and oxygen atoms in total. The maximum atomic E-state index is 13.2. The first-order valence-corrected chi connectivity index (χ1v) is 13.5. The van der Waals surface area contributed by atoms with Gasteiger partial charge < -0.3 is 4.74 Å². The van der Waals surface area contributed by atoms with Crippen molar-refractivity contribution in [1.82, 2.24) is 0 Å². The zero-order chi connectivity index (χ0) is 26.0. The van der Waals surface area contributed by atoms with Crippen LogP contribution in [0, 0.1) is 6.92 Å². The van der Waals surface area contributed by atoms with Gasteiger partial charge in [0.05, 0.1) is 21.5 Å². The first-order valence-electron chi connectivity index (χ1n) is 10.6. The van der Waals surface area contributed by atoms with Gasteiger partial charge in [0.2, 0.25) is 9.84 Å².